The lowest BCUT2D eigenvalue weighted by Gasteiger charge is -2.21. The molecule has 3 N–H and O–H groups in total. The second kappa shape index (κ2) is 6.11. The predicted molar refractivity (Wildman–Crippen MR) is 75.5 cm³/mol. The van der Waals surface area contributed by atoms with Crippen molar-refractivity contribution in [2.45, 2.75) is 24.9 Å². The van der Waals surface area contributed by atoms with E-state index in [1.54, 1.807) is 0 Å². The average molecular weight is 321 g/mol. The normalized spacial score (nSPS) is 19.3. The van der Waals surface area contributed by atoms with Crippen LogP contribution in [0, 0.1) is 0 Å². The van der Waals surface area contributed by atoms with Gasteiger partial charge in [0.25, 0.3) is 0 Å². The maximum Gasteiger partial charge on any atom is 0.417 e. The first-order valence-electron chi connectivity index (χ1n) is 6.56. The number of aromatic amines is 2. The number of hydrogen-bond acceptors (Lipinski definition) is 2. The molecule has 1 fully saturated rings. The molecule has 0 unspecified atom stereocenters. The number of H-pyrrole nitrogens is 2. The van der Waals surface area contributed by atoms with Gasteiger partial charge in [-0.1, -0.05) is 0 Å². The molecular weight excluding hydrogens is 305 g/mol. The van der Waals surface area contributed by atoms with Crippen LogP contribution in [0.3, 0.4) is 0 Å². The molecule has 0 amide bonds. The SMILES string of the molecule is Cl.FC(F)(F)c1c[nH]c(-c2cc([C@H]3CCCNC3)[nH]n2)c1. The molecule has 1 atom stereocenters. The largest absolute Gasteiger partial charge is 0.417 e. The van der Waals surface area contributed by atoms with Crippen LogP contribution in [-0.4, -0.2) is 28.3 Å². The minimum atomic E-state index is -4.33. The van der Waals surface area contributed by atoms with Gasteiger partial charge in [0.05, 0.1) is 11.3 Å². The molecule has 3 rings (SSSR count). The predicted octanol–water partition coefficient (Wildman–Crippen LogP) is 3.31. The molecule has 1 aliphatic rings. The summed E-state index contributed by atoms with van der Waals surface area (Å²) >= 11 is 0. The number of nitrogens with one attached hydrogen (secondary N) is 3. The Morgan fingerprint density at radius 2 is 2.05 bits per heavy atom. The van der Waals surface area contributed by atoms with E-state index in [1.165, 1.54) is 0 Å². The molecule has 0 bridgehead atoms. The monoisotopic (exact) mass is 320 g/mol. The average Bonchev–Trinajstić information content (AvgIpc) is 3.08. The van der Waals surface area contributed by atoms with Crippen molar-refractivity contribution in [3.63, 3.8) is 0 Å². The third-order valence-corrected chi connectivity index (χ3v) is 3.62. The van der Waals surface area contributed by atoms with Crippen LogP contribution in [0.5, 0.6) is 0 Å². The van der Waals surface area contributed by atoms with Gasteiger partial charge in [-0.25, -0.2) is 0 Å². The lowest BCUT2D eigenvalue weighted by atomic mass is 9.96. The fourth-order valence-electron chi connectivity index (χ4n) is 2.51. The maximum absolute atomic E-state index is 12.6. The van der Waals surface area contributed by atoms with Gasteiger partial charge in [-0.05, 0) is 31.5 Å². The van der Waals surface area contributed by atoms with Crippen molar-refractivity contribution < 1.29 is 13.2 Å². The summed E-state index contributed by atoms with van der Waals surface area (Å²) in [5, 5.41) is 10.3. The third-order valence-electron chi connectivity index (χ3n) is 3.62. The molecule has 1 saturated heterocycles. The van der Waals surface area contributed by atoms with Crippen molar-refractivity contribution in [2.24, 2.45) is 0 Å². The fourth-order valence-corrected chi connectivity index (χ4v) is 2.51. The van der Waals surface area contributed by atoms with Gasteiger partial charge in [0.1, 0.15) is 5.69 Å². The summed E-state index contributed by atoms with van der Waals surface area (Å²) in [6.07, 6.45) is -1.21. The minimum absolute atomic E-state index is 0. The summed E-state index contributed by atoms with van der Waals surface area (Å²) in [7, 11) is 0. The van der Waals surface area contributed by atoms with E-state index in [1.807, 2.05) is 6.07 Å². The van der Waals surface area contributed by atoms with Gasteiger partial charge in [0, 0.05) is 24.4 Å². The molecule has 21 heavy (non-hydrogen) atoms. The molecule has 0 saturated carbocycles. The fraction of sp³-hybridized carbons (Fsp3) is 0.462. The van der Waals surface area contributed by atoms with Gasteiger partial charge in [0.15, 0.2) is 0 Å². The van der Waals surface area contributed by atoms with Crippen LogP contribution in [0.4, 0.5) is 13.2 Å². The van der Waals surface area contributed by atoms with E-state index in [0.29, 0.717) is 17.3 Å². The molecule has 0 aliphatic carbocycles. The number of aromatic nitrogens is 3. The smallest absolute Gasteiger partial charge is 0.359 e. The van der Waals surface area contributed by atoms with E-state index in [9.17, 15) is 13.2 Å². The molecular formula is C13H16ClF3N4. The molecule has 2 aromatic rings. The second-order valence-corrected chi connectivity index (χ2v) is 5.05. The van der Waals surface area contributed by atoms with E-state index in [0.717, 1.165) is 43.9 Å². The van der Waals surface area contributed by atoms with Gasteiger partial charge in [0.2, 0.25) is 0 Å². The van der Waals surface area contributed by atoms with Gasteiger partial charge >= 0.3 is 6.18 Å². The van der Waals surface area contributed by atoms with Crippen molar-refractivity contribution in [3.8, 4) is 11.4 Å². The molecule has 1 aliphatic heterocycles. The highest BCUT2D eigenvalue weighted by Crippen LogP contribution is 2.32. The highest BCUT2D eigenvalue weighted by Gasteiger charge is 2.32. The van der Waals surface area contributed by atoms with E-state index < -0.39 is 11.7 Å². The number of piperidine rings is 1. The zero-order valence-electron chi connectivity index (χ0n) is 11.1. The van der Waals surface area contributed by atoms with E-state index in [2.05, 4.69) is 20.5 Å². The number of halogens is 4. The van der Waals surface area contributed by atoms with E-state index in [-0.39, 0.29) is 12.4 Å². The molecule has 2 aromatic heterocycles. The maximum atomic E-state index is 12.6. The Labute approximate surface area is 125 Å². The number of hydrogen-bond donors (Lipinski definition) is 3. The number of alkyl halides is 3. The van der Waals surface area contributed by atoms with Crippen molar-refractivity contribution in [2.75, 3.05) is 13.1 Å². The van der Waals surface area contributed by atoms with Crippen molar-refractivity contribution in [1.29, 1.82) is 0 Å². The molecule has 8 heteroatoms. The number of rotatable bonds is 2. The highest BCUT2D eigenvalue weighted by atomic mass is 35.5. The topological polar surface area (TPSA) is 56.5 Å². The Morgan fingerprint density at radius 1 is 1.24 bits per heavy atom. The van der Waals surface area contributed by atoms with Crippen LogP contribution in [0.15, 0.2) is 18.3 Å². The van der Waals surface area contributed by atoms with Crippen LogP contribution in [0.25, 0.3) is 11.4 Å². The molecule has 3 heterocycles. The van der Waals surface area contributed by atoms with Crippen molar-refractivity contribution in [3.05, 3.63) is 29.6 Å². The minimum Gasteiger partial charge on any atom is -0.359 e. The van der Waals surface area contributed by atoms with Crippen molar-refractivity contribution >= 4 is 12.4 Å². The van der Waals surface area contributed by atoms with Crippen LogP contribution in [0.1, 0.15) is 30.0 Å². The third kappa shape index (κ3) is 3.41. The Morgan fingerprint density at radius 3 is 2.67 bits per heavy atom. The molecule has 0 aromatic carbocycles. The van der Waals surface area contributed by atoms with Crippen molar-refractivity contribution in [1.82, 2.24) is 20.5 Å². The van der Waals surface area contributed by atoms with Gasteiger partial charge in [-0.2, -0.15) is 18.3 Å². The summed E-state index contributed by atoms with van der Waals surface area (Å²) in [6, 6.07) is 2.91. The molecule has 0 radical (unpaired) electrons. The summed E-state index contributed by atoms with van der Waals surface area (Å²) in [6.45, 7) is 1.89. The van der Waals surface area contributed by atoms with Crippen LogP contribution < -0.4 is 5.32 Å². The van der Waals surface area contributed by atoms with Gasteiger partial charge < -0.3 is 10.3 Å². The Balaban J connectivity index is 0.00000161. The van der Waals surface area contributed by atoms with Gasteiger partial charge in [-0.15, -0.1) is 12.4 Å². The van der Waals surface area contributed by atoms with E-state index in [4.69, 9.17) is 0 Å². The van der Waals surface area contributed by atoms with E-state index >= 15 is 0 Å². The lowest BCUT2D eigenvalue weighted by Crippen LogP contribution is -2.28. The first kappa shape index (κ1) is 15.9. The second-order valence-electron chi connectivity index (χ2n) is 5.05. The summed E-state index contributed by atoms with van der Waals surface area (Å²) < 4.78 is 37.7. The highest BCUT2D eigenvalue weighted by molar-refractivity contribution is 5.85. The zero-order chi connectivity index (χ0) is 14.2. The quantitative estimate of drug-likeness (QED) is 0.795. The lowest BCUT2D eigenvalue weighted by molar-refractivity contribution is -0.137. The first-order chi connectivity index (χ1) is 9.54. The van der Waals surface area contributed by atoms with Crippen LogP contribution in [-0.2, 0) is 6.18 Å². The molecule has 116 valence electrons. The molecule has 0 spiro atoms. The van der Waals surface area contributed by atoms with Crippen LogP contribution >= 0.6 is 12.4 Å². The zero-order valence-corrected chi connectivity index (χ0v) is 11.9. The standard InChI is InChI=1S/C13H15F3N4.ClH/c14-13(15,16)9-4-11(18-7-9)12-5-10(19-20-12)8-2-1-3-17-6-8;/h4-5,7-8,17-18H,1-3,6H2,(H,19,20);1H/t8-;/m0./s1. The summed E-state index contributed by atoms with van der Waals surface area (Å²) in [5.74, 6) is 0.349. The Kier molecular flexibility index (Phi) is 4.63. The number of nitrogens with zero attached hydrogens (tertiary/aromatic N) is 1. The first-order valence-corrected chi connectivity index (χ1v) is 6.56. The van der Waals surface area contributed by atoms with Gasteiger partial charge in [-0.3, -0.25) is 5.10 Å². The summed E-state index contributed by atoms with van der Waals surface area (Å²) in [5.41, 5.74) is 1.18. The van der Waals surface area contributed by atoms with Crippen LogP contribution in [0.2, 0.25) is 0 Å². The Hall–Kier alpha value is -1.47. The Bertz CT molecular complexity index is 584. The molecule has 4 nitrogen and oxygen atoms in total. The summed E-state index contributed by atoms with van der Waals surface area (Å²) in [4.78, 5) is 2.63.